The molecule has 4 aromatic rings. The first-order valence-corrected chi connectivity index (χ1v) is 16.6. The molecule has 0 radical (unpaired) electrons. The van der Waals surface area contributed by atoms with Crippen molar-refractivity contribution in [2.24, 2.45) is 5.92 Å². The molecule has 13 nitrogen and oxygen atoms in total. The zero-order valence-electron chi connectivity index (χ0n) is 26.9. The number of nitrogens with zero attached hydrogens (tertiary/aromatic N) is 7. The van der Waals surface area contributed by atoms with E-state index in [-0.39, 0.29) is 59.1 Å². The van der Waals surface area contributed by atoms with Gasteiger partial charge in [0.15, 0.2) is 23.1 Å². The van der Waals surface area contributed by atoms with Gasteiger partial charge < -0.3 is 24.6 Å². The number of fused-ring (bicyclic) bond motifs is 6. The van der Waals surface area contributed by atoms with Crippen LogP contribution in [0.2, 0.25) is 5.02 Å². The highest BCUT2D eigenvalue weighted by molar-refractivity contribution is 6.34. The maximum atomic E-state index is 14.6. The van der Waals surface area contributed by atoms with E-state index < -0.39 is 46.4 Å². The van der Waals surface area contributed by atoms with Crippen LogP contribution >= 0.6 is 11.6 Å². The SMILES string of the molecule is Cc1ncnc(C(=O)N2CCC3(CC2)c2c(n(CC(=O)Nc4ccc(C(F)(F)F)c(F)c4Cl)c4nc(C5=CCOCC5)nn4c2=O)[C@H]2C[C@H]23)c1O. The number of carbonyl (C=O) groups is 2. The largest absolute Gasteiger partial charge is 0.504 e. The zero-order valence-corrected chi connectivity index (χ0v) is 27.7. The summed E-state index contributed by atoms with van der Waals surface area (Å²) in [4.78, 5) is 55.6. The van der Waals surface area contributed by atoms with Crippen LogP contribution < -0.4 is 10.9 Å². The Balaban J connectivity index is 1.17. The summed E-state index contributed by atoms with van der Waals surface area (Å²) < 4.78 is 62.5. The fourth-order valence-corrected chi connectivity index (χ4v) is 8.15. The van der Waals surface area contributed by atoms with E-state index in [4.69, 9.17) is 16.3 Å². The van der Waals surface area contributed by atoms with Crippen molar-refractivity contribution >= 4 is 40.5 Å². The summed E-state index contributed by atoms with van der Waals surface area (Å²) in [5.41, 5.74) is -0.912. The van der Waals surface area contributed by atoms with Crippen molar-refractivity contribution < 1.29 is 37.0 Å². The average Bonchev–Trinajstić information content (AvgIpc) is 3.70. The first-order chi connectivity index (χ1) is 24.3. The number of rotatable bonds is 5. The van der Waals surface area contributed by atoms with Gasteiger partial charge in [-0.2, -0.15) is 22.7 Å². The molecule has 1 saturated heterocycles. The van der Waals surface area contributed by atoms with Gasteiger partial charge in [0.25, 0.3) is 11.5 Å². The van der Waals surface area contributed by atoms with Crippen molar-refractivity contribution in [3.8, 4) is 5.75 Å². The molecule has 2 N–H and O–H groups in total. The summed E-state index contributed by atoms with van der Waals surface area (Å²) in [5, 5.41) is 16.5. The third-order valence-corrected chi connectivity index (χ3v) is 10.9. The number of halogens is 5. The Labute approximate surface area is 290 Å². The van der Waals surface area contributed by atoms with Crippen molar-refractivity contribution in [2.75, 3.05) is 31.6 Å². The number of likely N-dealkylation sites (tertiary alicyclic amines) is 1. The summed E-state index contributed by atoms with van der Waals surface area (Å²) in [6, 6.07) is 1.38. The molecule has 0 unspecified atom stereocenters. The number of aromatic hydroxyl groups is 1. The van der Waals surface area contributed by atoms with Crippen LogP contribution in [0, 0.1) is 18.7 Å². The molecule has 1 aromatic carbocycles. The summed E-state index contributed by atoms with van der Waals surface area (Å²) in [7, 11) is 0. The summed E-state index contributed by atoms with van der Waals surface area (Å²) in [6.45, 7) is 2.46. The van der Waals surface area contributed by atoms with Gasteiger partial charge in [-0.1, -0.05) is 17.7 Å². The van der Waals surface area contributed by atoms with Gasteiger partial charge >= 0.3 is 6.18 Å². The fraction of sp³-hybridized carbons (Fsp3) is 0.424. The van der Waals surface area contributed by atoms with Crippen molar-refractivity contribution in [1.82, 2.24) is 34.0 Å². The number of anilines is 1. The molecule has 5 heterocycles. The molecule has 18 heteroatoms. The van der Waals surface area contributed by atoms with E-state index in [1.807, 2.05) is 6.08 Å². The molecule has 51 heavy (non-hydrogen) atoms. The second-order valence-corrected chi connectivity index (χ2v) is 13.6. The lowest BCUT2D eigenvalue weighted by molar-refractivity contribution is -0.139. The molecule has 2 amide bonds. The number of aryl methyl sites for hydroxylation is 1. The first kappa shape index (κ1) is 33.3. The van der Waals surface area contributed by atoms with E-state index >= 15 is 0 Å². The Morgan fingerprint density at radius 2 is 1.96 bits per heavy atom. The lowest BCUT2D eigenvalue weighted by atomic mass is 9.71. The molecule has 1 saturated carbocycles. The number of hydrogen-bond donors (Lipinski definition) is 2. The lowest BCUT2D eigenvalue weighted by Gasteiger charge is -2.41. The van der Waals surface area contributed by atoms with Crippen LogP contribution in [0.3, 0.4) is 0 Å². The molecule has 266 valence electrons. The number of hydrogen-bond acceptors (Lipinski definition) is 9. The molecule has 2 fully saturated rings. The van der Waals surface area contributed by atoms with Gasteiger partial charge in [0.2, 0.25) is 11.7 Å². The van der Waals surface area contributed by atoms with Gasteiger partial charge in [0.1, 0.15) is 17.9 Å². The third-order valence-electron chi connectivity index (χ3n) is 10.5. The smallest absolute Gasteiger partial charge is 0.419 e. The van der Waals surface area contributed by atoms with Crippen LogP contribution in [0.25, 0.3) is 11.4 Å². The van der Waals surface area contributed by atoms with Crippen LogP contribution in [0.4, 0.5) is 23.2 Å². The molecular formula is C33H29ClF4N8O5. The normalized spacial score (nSPS) is 20.7. The van der Waals surface area contributed by atoms with Gasteiger partial charge in [0.05, 0.1) is 30.2 Å². The van der Waals surface area contributed by atoms with Crippen molar-refractivity contribution in [1.29, 1.82) is 0 Å². The number of ether oxygens (including phenoxy) is 1. The predicted molar refractivity (Wildman–Crippen MR) is 172 cm³/mol. The molecule has 4 aliphatic rings. The second kappa shape index (κ2) is 11.8. The van der Waals surface area contributed by atoms with E-state index in [9.17, 15) is 37.1 Å². The first-order valence-electron chi connectivity index (χ1n) is 16.3. The number of nitrogens with one attached hydrogen (secondary N) is 1. The minimum Gasteiger partial charge on any atom is -0.504 e. The summed E-state index contributed by atoms with van der Waals surface area (Å²) in [6.07, 6.45) is 0.124. The molecule has 2 atom stereocenters. The van der Waals surface area contributed by atoms with E-state index in [1.54, 1.807) is 16.4 Å². The van der Waals surface area contributed by atoms with Gasteiger partial charge in [-0.05, 0) is 56.2 Å². The Morgan fingerprint density at radius 3 is 2.67 bits per heavy atom. The zero-order chi connectivity index (χ0) is 36.0. The molecule has 1 spiro atoms. The van der Waals surface area contributed by atoms with E-state index in [0.717, 1.165) is 18.1 Å². The molecule has 8 rings (SSSR count). The van der Waals surface area contributed by atoms with Gasteiger partial charge in [-0.3, -0.25) is 14.4 Å². The van der Waals surface area contributed by atoms with Crippen molar-refractivity contribution in [2.45, 2.75) is 56.7 Å². The highest BCUT2D eigenvalue weighted by Gasteiger charge is 2.64. The quantitative estimate of drug-likeness (QED) is 0.287. The maximum Gasteiger partial charge on any atom is 0.419 e. The summed E-state index contributed by atoms with van der Waals surface area (Å²) >= 11 is 5.94. The van der Waals surface area contributed by atoms with Gasteiger partial charge in [-0.25, -0.2) is 14.4 Å². The number of aromatic nitrogens is 6. The number of piperidine rings is 1. The second-order valence-electron chi connectivity index (χ2n) is 13.2. The highest BCUT2D eigenvalue weighted by atomic mass is 35.5. The fourth-order valence-electron chi connectivity index (χ4n) is 7.94. The highest BCUT2D eigenvalue weighted by Crippen LogP contribution is 2.67. The van der Waals surface area contributed by atoms with Crippen molar-refractivity contribution in [3.05, 3.63) is 79.8 Å². The standard InChI is InChI=1S/C33H29ClF4N8O5/c1-15-27(48)25(40-14-39-15)30(50)44-8-6-32(7-9-44)19-12-17(19)26-22(32)29(49)46-31(42-28(43-46)16-4-10-51-11-5-16)45(26)13-21(47)41-20-3-2-18(33(36,37)38)24(35)23(20)34/h2-4,14,17,19,48H,5-13H2,1H3,(H,41,47)/t17-,19+/m0/s1. The molecule has 2 aliphatic heterocycles. The van der Waals surface area contributed by atoms with E-state index in [1.165, 1.54) is 10.8 Å². The Morgan fingerprint density at radius 1 is 1.20 bits per heavy atom. The molecular weight excluding hydrogens is 700 g/mol. The van der Waals surface area contributed by atoms with Crippen LogP contribution in [0.5, 0.6) is 5.75 Å². The van der Waals surface area contributed by atoms with Crippen LogP contribution in [0.1, 0.15) is 70.4 Å². The minimum atomic E-state index is -4.99. The average molecular weight is 729 g/mol. The number of benzene rings is 1. The Hall–Kier alpha value is -4.90. The van der Waals surface area contributed by atoms with Crippen LogP contribution in [-0.2, 0) is 27.7 Å². The molecule has 3 aromatic heterocycles. The van der Waals surface area contributed by atoms with E-state index in [2.05, 4.69) is 25.4 Å². The van der Waals surface area contributed by atoms with E-state index in [0.29, 0.717) is 55.6 Å². The lowest BCUT2D eigenvalue weighted by Crippen LogP contribution is -2.48. The number of carbonyl (C=O) groups excluding carboxylic acids is 2. The minimum absolute atomic E-state index is 0.0460. The topological polar surface area (TPSA) is 157 Å². The molecule has 0 bridgehead atoms. The Bertz CT molecular complexity index is 2240. The summed E-state index contributed by atoms with van der Waals surface area (Å²) in [5.74, 6) is -2.85. The maximum absolute atomic E-state index is 14.6. The Kier molecular flexibility index (Phi) is 7.72. The van der Waals surface area contributed by atoms with Crippen LogP contribution in [0.15, 0.2) is 29.3 Å². The number of amides is 2. The van der Waals surface area contributed by atoms with Crippen molar-refractivity contribution in [3.63, 3.8) is 0 Å². The molecule has 2 aliphatic carbocycles. The van der Waals surface area contributed by atoms with Gasteiger partial charge in [0, 0.05) is 35.7 Å². The van der Waals surface area contributed by atoms with Crippen LogP contribution in [-0.4, -0.2) is 77.3 Å². The predicted octanol–water partition coefficient (Wildman–Crippen LogP) is 4.24. The van der Waals surface area contributed by atoms with Gasteiger partial charge in [-0.15, -0.1) is 5.10 Å². The number of alkyl halides is 3. The monoisotopic (exact) mass is 728 g/mol. The third kappa shape index (κ3) is 5.27.